The highest BCUT2D eigenvalue weighted by Crippen LogP contribution is 2.45. The van der Waals surface area contributed by atoms with E-state index in [1.54, 1.807) is 19.2 Å². The molecule has 0 atom stereocenters. The minimum absolute atomic E-state index is 0.226. The molecule has 7 heteroatoms. The summed E-state index contributed by atoms with van der Waals surface area (Å²) >= 11 is 3.34. The van der Waals surface area contributed by atoms with Crippen LogP contribution in [-0.4, -0.2) is 37.6 Å². The number of aldehydes is 1. The molecule has 6 nitrogen and oxygen atoms in total. The molecule has 2 rings (SSSR count). The van der Waals surface area contributed by atoms with Crippen LogP contribution in [0.5, 0.6) is 17.2 Å². The normalized spacial score (nSPS) is 10.2. The maximum atomic E-state index is 10.8. The van der Waals surface area contributed by atoms with Crippen LogP contribution in [0.15, 0.2) is 16.7 Å². The average molecular weight is 341 g/mol. The minimum Gasteiger partial charge on any atom is -0.493 e. The Labute approximate surface area is 124 Å². The van der Waals surface area contributed by atoms with Gasteiger partial charge in [-0.2, -0.15) is 0 Å². The van der Waals surface area contributed by atoms with Crippen LogP contribution in [0.1, 0.15) is 10.6 Å². The summed E-state index contributed by atoms with van der Waals surface area (Å²) in [6.07, 6.45) is 0.640. The van der Waals surface area contributed by atoms with Crippen molar-refractivity contribution in [2.75, 3.05) is 21.3 Å². The van der Waals surface area contributed by atoms with Crippen LogP contribution in [0.4, 0.5) is 0 Å². The minimum atomic E-state index is 0.226. The van der Waals surface area contributed by atoms with E-state index in [4.69, 9.17) is 14.2 Å². The molecular weight excluding hydrogens is 328 g/mol. The van der Waals surface area contributed by atoms with Crippen molar-refractivity contribution in [1.29, 1.82) is 0 Å². The zero-order valence-electron chi connectivity index (χ0n) is 11.2. The number of nitrogens with zero attached hydrogens (tertiary/aromatic N) is 1. The van der Waals surface area contributed by atoms with Crippen molar-refractivity contribution in [3.05, 3.63) is 22.6 Å². The highest BCUT2D eigenvalue weighted by atomic mass is 79.9. The standard InChI is InChI=1S/C13H13BrN2O4/c1-18-8-5-4-7(11(19-2)12(8)20-3)10-13(14)16-9(6-17)15-10/h4-6H,1-3H3,(H,15,16). The molecule has 0 unspecified atom stereocenters. The van der Waals surface area contributed by atoms with Gasteiger partial charge in [0.1, 0.15) is 10.3 Å². The monoisotopic (exact) mass is 340 g/mol. The number of rotatable bonds is 5. The number of benzene rings is 1. The van der Waals surface area contributed by atoms with Crippen molar-refractivity contribution >= 4 is 22.2 Å². The molecule has 20 heavy (non-hydrogen) atoms. The Morgan fingerprint density at radius 2 is 1.85 bits per heavy atom. The maximum Gasteiger partial charge on any atom is 0.203 e. The lowest BCUT2D eigenvalue weighted by Crippen LogP contribution is -1.97. The number of aromatic nitrogens is 2. The Kier molecular flexibility index (Phi) is 4.29. The van der Waals surface area contributed by atoms with Crippen LogP contribution in [0, 0.1) is 0 Å². The predicted octanol–water partition coefficient (Wildman–Crippen LogP) is 2.68. The number of carbonyl (C=O) groups excluding carboxylic acids is 1. The summed E-state index contributed by atoms with van der Waals surface area (Å²) in [6.45, 7) is 0. The van der Waals surface area contributed by atoms with Crippen LogP contribution in [0.2, 0.25) is 0 Å². The Morgan fingerprint density at radius 1 is 1.15 bits per heavy atom. The summed E-state index contributed by atoms with van der Waals surface area (Å²) < 4.78 is 16.5. The molecule has 0 saturated carbocycles. The van der Waals surface area contributed by atoms with Gasteiger partial charge in [0.15, 0.2) is 23.6 Å². The van der Waals surface area contributed by atoms with Gasteiger partial charge in [-0.05, 0) is 28.1 Å². The second kappa shape index (κ2) is 5.96. The third-order valence-electron chi connectivity index (χ3n) is 2.75. The Hall–Kier alpha value is -2.02. The van der Waals surface area contributed by atoms with Crippen LogP contribution < -0.4 is 14.2 Å². The fourth-order valence-electron chi connectivity index (χ4n) is 1.89. The van der Waals surface area contributed by atoms with Crippen LogP contribution in [0.3, 0.4) is 0 Å². The van der Waals surface area contributed by atoms with Crippen molar-refractivity contribution in [3.63, 3.8) is 0 Å². The van der Waals surface area contributed by atoms with Gasteiger partial charge in [-0.3, -0.25) is 4.79 Å². The van der Waals surface area contributed by atoms with E-state index in [0.29, 0.717) is 39.4 Å². The molecule has 0 radical (unpaired) electrons. The van der Waals surface area contributed by atoms with Gasteiger partial charge < -0.3 is 19.2 Å². The molecule has 0 bridgehead atoms. The number of carbonyl (C=O) groups is 1. The fourth-order valence-corrected chi connectivity index (χ4v) is 2.40. The lowest BCUT2D eigenvalue weighted by Gasteiger charge is -2.14. The first-order valence-corrected chi connectivity index (χ1v) is 6.45. The van der Waals surface area contributed by atoms with E-state index < -0.39 is 0 Å². The number of methoxy groups -OCH3 is 3. The van der Waals surface area contributed by atoms with Crippen molar-refractivity contribution in [2.24, 2.45) is 0 Å². The Morgan fingerprint density at radius 3 is 2.35 bits per heavy atom. The number of H-pyrrole nitrogens is 1. The van der Waals surface area contributed by atoms with Gasteiger partial charge >= 0.3 is 0 Å². The van der Waals surface area contributed by atoms with Gasteiger partial charge in [0, 0.05) is 5.56 Å². The van der Waals surface area contributed by atoms with E-state index >= 15 is 0 Å². The fraction of sp³-hybridized carbons (Fsp3) is 0.231. The number of nitrogens with one attached hydrogen (secondary N) is 1. The van der Waals surface area contributed by atoms with Crippen molar-refractivity contribution < 1.29 is 19.0 Å². The van der Waals surface area contributed by atoms with E-state index in [2.05, 4.69) is 25.9 Å². The molecule has 1 aromatic heterocycles. The molecular formula is C13H13BrN2O4. The SMILES string of the molecule is COc1ccc(-c2nc(C=O)[nH]c2Br)c(OC)c1OC. The van der Waals surface area contributed by atoms with Crippen molar-refractivity contribution in [1.82, 2.24) is 9.97 Å². The summed E-state index contributed by atoms with van der Waals surface area (Å²) in [5.41, 5.74) is 1.24. The third-order valence-corrected chi connectivity index (χ3v) is 3.32. The average Bonchev–Trinajstić information content (AvgIpc) is 2.86. The van der Waals surface area contributed by atoms with Gasteiger partial charge in [0.05, 0.1) is 21.3 Å². The molecule has 2 aromatic rings. The molecule has 0 spiro atoms. The number of hydrogen-bond donors (Lipinski definition) is 1. The summed E-state index contributed by atoms with van der Waals surface area (Å²) in [7, 11) is 4.61. The van der Waals surface area contributed by atoms with Gasteiger partial charge in [0.2, 0.25) is 5.75 Å². The highest BCUT2D eigenvalue weighted by Gasteiger charge is 2.20. The van der Waals surface area contributed by atoms with E-state index in [9.17, 15) is 4.79 Å². The van der Waals surface area contributed by atoms with Crippen LogP contribution >= 0.6 is 15.9 Å². The summed E-state index contributed by atoms with van der Waals surface area (Å²) in [5, 5.41) is 0. The zero-order chi connectivity index (χ0) is 14.7. The van der Waals surface area contributed by atoms with Crippen molar-refractivity contribution in [2.45, 2.75) is 0 Å². The van der Waals surface area contributed by atoms with E-state index in [1.165, 1.54) is 14.2 Å². The number of imidazole rings is 1. The molecule has 106 valence electrons. The number of aromatic amines is 1. The molecule has 0 aliphatic rings. The molecule has 0 amide bonds. The smallest absolute Gasteiger partial charge is 0.203 e. The maximum absolute atomic E-state index is 10.8. The molecule has 1 N–H and O–H groups in total. The van der Waals surface area contributed by atoms with Gasteiger partial charge in [-0.15, -0.1) is 0 Å². The summed E-state index contributed by atoms with van der Waals surface area (Å²) in [6, 6.07) is 3.54. The predicted molar refractivity (Wildman–Crippen MR) is 76.8 cm³/mol. The largest absolute Gasteiger partial charge is 0.493 e. The first-order valence-electron chi connectivity index (χ1n) is 5.66. The Bertz CT molecular complexity index is 640. The molecule has 1 aromatic carbocycles. The van der Waals surface area contributed by atoms with Gasteiger partial charge in [-0.25, -0.2) is 4.98 Å². The van der Waals surface area contributed by atoms with Gasteiger partial charge in [0.25, 0.3) is 0 Å². The number of halogens is 1. The second-order valence-corrected chi connectivity index (χ2v) is 4.58. The van der Waals surface area contributed by atoms with E-state index in [1.807, 2.05) is 0 Å². The van der Waals surface area contributed by atoms with E-state index in [0.717, 1.165) is 0 Å². The first kappa shape index (κ1) is 14.4. The summed E-state index contributed by atoms with van der Waals surface area (Å²) in [5.74, 6) is 1.73. The summed E-state index contributed by atoms with van der Waals surface area (Å²) in [4.78, 5) is 17.8. The van der Waals surface area contributed by atoms with Crippen LogP contribution in [0.25, 0.3) is 11.3 Å². The number of ether oxygens (including phenoxy) is 3. The first-order chi connectivity index (χ1) is 9.65. The van der Waals surface area contributed by atoms with Crippen LogP contribution in [-0.2, 0) is 0 Å². The highest BCUT2D eigenvalue weighted by molar-refractivity contribution is 9.10. The Balaban J connectivity index is 2.67. The quantitative estimate of drug-likeness (QED) is 0.847. The lowest BCUT2D eigenvalue weighted by molar-refractivity contribution is 0.111. The zero-order valence-corrected chi connectivity index (χ0v) is 12.8. The molecule has 0 aliphatic heterocycles. The van der Waals surface area contributed by atoms with Crippen molar-refractivity contribution in [3.8, 4) is 28.5 Å². The lowest BCUT2D eigenvalue weighted by atomic mass is 10.1. The molecule has 0 fully saturated rings. The van der Waals surface area contributed by atoms with E-state index in [-0.39, 0.29) is 5.82 Å². The molecule has 0 aliphatic carbocycles. The third kappa shape index (κ3) is 2.36. The molecule has 0 saturated heterocycles. The topological polar surface area (TPSA) is 73.4 Å². The number of hydrogen-bond acceptors (Lipinski definition) is 5. The molecule has 1 heterocycles. The second-order valence-electron chi connectivity index (χ2n) is 3.78. The van der Waals surface area contributed by atoms with Gasteiger partial charge in [-0.1, -0.05) is 0 Å².